The fourth-order valence-corrected chi connectivity index (χ4v) is 4.60. The topological polar surface area (TPSA) is 80.5 Å². The van der Waals surface area contributed by atoms with E-state index in [1.165, 1.54) is 40.7 Å². The van der Waals surface area contributed by atoms with Crippen LogP contribution in [0.4, 0.5) is 10.1 Å². The van der Waals surface area contributed by atoms with Crippen LogP contribution in [0.15, 0.2) is 53.4 Å². The molecular weight excluding hydrogens is 335 g/mol. The summed E-state index contributed by atoms with van der Waals surface area (Å²) in [6.45, 7) is 0.362. The number of halogens is 1. The van der Waals surface area contributed by atoms with Gasteiger partial charge in [-0.2, -0.15) is 4.31 Å². The standard InChI is InChI=1S/C16H15FN2O4S/c17-13-5-3-12(4-6-13)16-2-1-11-18(16)24(22,23)15-9-7-14(8-10-15)19(20)21/h3-10,16H,1-2,11H2. The molecule has 0 N–H and O–H groups in total. The van der Waals surface area contributed by atoms with Gasteiger partial charge in [0.1, 0.15) is 5.82 Å². The summed E-state index contributed by atoms with van der Waals surface area (Å²) in [6, 6.07) is 10.3. The maximum atomic E-state index is 13.1. The van der Waals surface area contributed by atoms with Crippen molar-refractivity contribution in [3.05, 3.63) is 70.0 Å². The van der Waals surface area contributed by atoms with Crippen molar-refractivity contribution >= 4 is 15.7 Å². The normalized spacial score (nSPS) is 18.6. The lowest BCUT2D eigenvalue weighted by molar-refractivity contribution is -0.384. The molecule has 8 heteroatoms. The Morgan fingerprint density at radius 2 is 1.71 bits per heavy atom. The van der Waals surface area contributed by atoms with Crippen molar-refractivity contribution in [1.82, 2.24) is 4.31 Å². The molecule has 0 spiro atoms. The molecule has 1 aliphatic rings. The first kappa shape index (κ1) is 16.5. The van der Waals surface area contributed by atoms with Crippen LogP contribution in [0.2, 0.25) is 0 Å². The highest BCUT2D eigenvalue weighted by atomic mass is 32.2. The van der Waals surface area contributed by atoms with E-state index >= 15 is 0 Å². The second-order valence-corrected chi connectivity index (χ2v) is 7.47. The Bertz CT molecular complexity index is 851. The van der Waals surface area contributed by atoms with Crippen LogP contribution >= 0.6 is 0 Å². The third kappa shape index (κ3) is 3.02. The van der Waals surface area contributed by atoms with Gasteiger partial charge >= 0.3 is 0 Å². The molecule has 1 saturated heterocycles. The summed E-state index contributed by atoms with van der Waals surface area (Å²) < 4.78 is 40.2. The minimum Gasteiger partial charge on any atom is -0.258 e. The van der Waals surface area contributed by atoms with Crippen LogP contribution in [0.3, 0.4) is 0 Å². The SMILES string of the molecule is O=[N+]([O-])c1ccc(S(=O)(=O)N2CCCC2c2ccc(F)cc2)cc1. The van der Waals surface area contributed by atoms with E-state index in [9.17, 15) is 22.9 Å². The predicted octanol–water partition coefficient (Wildman–Crippen LogP) is 3.26. The number of nitro benzene ring substituents is 1. The van der Waals surface area contributed by atoms with Gasteiger partial charge in [-0.05, 0) is 42.7 Å². The van der Waals surface area contributed by atoms with Gasteiger partial charge < -0.3 is 0 Å². The fraction of sp³-hybridized carbons (Fsp3) is 0.250. The minimum atomic E-state index is -3.77. The smallest absolute Gasteiger partial charge is 0.258 e. The molecule has 1 atom stereocenters. The molecule has 1 fully saturated rings. The van der Waals surface area contributed by atoms with Crippen LogP contribution in [0.25, 0.3) is 0 Å². The summed E-state index contributed by atoms with van der Waals surface area (Å²) in [4.78, 5) is 10.1. The van der Waals surface area contributed by atoms with Crippen molar-refractivity contribution in [1.29, 1.82) is 0 Å². The van der Waals surface area contributed by atoms with E-state index in [2.05, 4.69) is 0 Å². The third-order valence-corrected chi connectivity index (χ3v) is 6.03. The molecule has 6 nitrogen and oxygen atoms in total. The molecule has 1 aliphatic heterocycles. The highest BCUT2D eigenvalue weighted by Crippen LogP contribution is 2.36. The summed E-state index contributed by atoms with van der Waals surface area (Å²) in [7, 11) is -3.77. The lowest BCUT2D eigenvalue weighted by Crippen LogP contribution is -2.30. The van der Waals surface area contributed by atoms with E-state index in [1.807, 2.05) is 0 Å². The molecule has 3 rings (SSSR count). The molecular formula is C16H15FN2O4S. The maximum absolute atomic E-state index is 13.1. The number of rotatable bonds is 4. The van der Waals surface area contributed by atoms with Gasteiger partial charge in [-0.15, -0.1) is 0 Å². The van der Waals surface area contributed by atoms with E-state index < -0.39 is 14.9 Å². The molecule has 0 amide bonds. The van der Waals surface area contributed by atoms with Gasteiger partial charge in [0.2, 0.25) is 10.0 Å². The number of nitrogens with zero attached hydrogens (tertiary/aromatic N) is 2. The lowest BCUT2D eigenvalue weighted by Gasteiger charge is -2.24. The average Bonchev–Trinajstić information content (AvgIpc) is 3.06. The first-order valence-corrected chi connectivity index (χ1v) is 8.85. The zero-order valence-electron chi connectivity index (χ0n) is 12.6. The number of hydrogen-bond donors (Lipinski definition) is 0. The molecule has 0 saturated carbocycles. The van der Waals surface area contributed by atoms with Crippen LogP contribution in [-0.4, -0.2) is 24.2 Å². The molecule has 0 radical (unpaired) electrons. The van der Waals surface area contributed by atoms with Gasteiger partial charge in [0, 0.05) is 18.7 Å². The first-order valence-electron chi connectivity index (χ1n) is 7.41. The lowest BCUT2D eigenvalue weighted by atomic mass is 10.1. The molecule has 24 heavy (non-hydrogen) atoms. The Balaban J connectivity index is 1.93. The summed E-state index contributed by atoms with van der Waals surface area (Å²) in [5.74, 6) is -0.374. The number of benzene rings is 2. The number of sulfonamides is 1. The van der Waals surface area contributed by atoms with Gasteiger partial charge in [0.05, 0.1) is 15.9 Å². The van der Waals surface area contributed by atoms with E-state index in [-0.39, 0.29) is 22.4 Å². The van der Waals surface area contributed by atoms with E-state index in [1.54, 1.807) is 12.1 Å². The Hall–Kier alpha value is -2.32. The van der Waals surface area contributed by atoms with E-state index in [0.717, 1.165) is 5.56 Å². The minimum absolute atomic E-state index is 0.0158. The second kappa shape index (κ2) is 6.29. The largest absolute Gasteiger partial charge is 0.269 e. The molecule has 2 aromatic rings. The van der Waals surface area contributed by atoms with Crippen LogP contribution in [0, 0.1) is 15.9 Å². The number of hydrogen-bond acceptors (Lipinski definition) is 4. The average molecular weight is 350 g/mol. The number of nitro groups is 1. The van der Waals surface area contributed by atoms with Gasteiger partial charge in [0.15, 0.2) is 0 Å². The van der Waals surface area contributed by atoms with Gasteiger partial charge in [-0.25, -0.2) is 12.8 Å². The molecule has 0 aromatic heterocycles. The quantitative estimate of drug-likeness (QED) is 0.626. The summed E-state index contributed by atoms with van der Waals surface area (Å²) in [6.07, 6.45) is 1.35. The fourth-order valence-electron chi connectivity index (χ4n) is 2.92. The monoisotopic (exact) mass is 350 g/mol. The van der Waals surface area contributed by atoms with Crippen LogP contribution in [-0.2, 0) is 10.0 Å². The Labute approximate surface area is 138 Å². The molecule has 0 aliphatic carbocycles. The molecule has 2 aromatic carbocycles. The first-order chi connectivity index (χ1) is 11.4. The Morgan fingerprint density at radius 1 is 1.08 bits per heavy atom. The van der Waals surface area contributed by atoms with Crippen molar-refractivity contribution in [2.45, 2.75) is 23.8 Å². The van der Waals surface area contributed by atoms with Crippen LogP contribution < -0.4 is 0 Å². The van der Waals surface area contributed by atoms with Crippen molar-refractivity contribution in [2.75, 3.05) is 6.54 Å². The highest BCUT2D eigenvalue weighted by Gasteiger charge is 2.36. The molecule has 126 valence electrons. The van der Waals surface area contributed by atoms with Crippen molar-refractivity contribution in [3.63, 3.8) is 0 Å². The highest BCUT2D eigenvalue weighted by molar-refractivity contribution is 7.89. The van der Waals surface area contributed by atoms with Crippen molar-refractivity contribution < 1.29 is 17.7 Å². The van der Waals surface area contributed by atoms with Gasteiger partial charge in [0.25, 0.3) is 5.69 Å². The second-order valence-electron chi connectivity index (χ2n) is 5.58. The van der Waals surface area contributed by atoms with Crippen LogP contribution in [0.5, 0.6) is 0 Å². The van der Waals surface area contributed by atoms with Crippen molar-refractivity contribution in [2.24, 2.45) is 0 Å². The van der Waals surface area contributed by atoms with Crippen molar-refractivity contribution in [3.8, 4) is 0 Å². The molecule has 1 heterocycles. The third-order valence-electron chi connectivity index (χ3n) is 4.11. The van der Waals surface area contributed by atoms with E-state index in [0.29, 0.717) is 19.4 Å². The number of non-ortho nitro benzene ring substituents is 1. The zero-order valence-corrected chi connectivity index (χ0v) is 13.4. The zero-order chi connectivity index (χ0) is 17.3. The van der Waals surface area contributed by atoms with E-state index in [4.69, 9.17) is 0 Å². The van der Waals surface area contributed by atoms with Gasteiger partial charge in [-0.1, -0.05) is 12.1 Å². The summed E-state index contributed by atoms with van der Waals surface area (Å²) in [5.41, 5.74) is 0.574. The molecule has 0 bridgehead atoms. The Kier molecular flexibility index (Phi) is 4.33. The summed E-state index contributed by atoms with van der Waals surface area (Å²) >= 11 is 0. The molecule has 1 unspecified atom stereocenters. The summed E-state index contributed by atoms with van der Waals surface area (Å²) in [5, 5.41) is 10.7. The maximum Gasteiger partial charge on any atom is 0.269 e. The Morgan fingerprint density at radius 3 is 2.29 bits per heavy atom. The predicted molar refractivity (Wildman–Crippen MR) is 85.4 cm³/mol. The van der Waals surface area contributed by atoms with Gasteiger partial charge in [-0.3, -0.25) is 10.1 Å². The van der Waals surface area contributed by atoms with Crippen LogP contribution in [0.1, 0.15) is 24.4 Å².